The Hall–Kier alpha value is -1.69. The van der Waals surface area contributed by atoms with E-state index in [1.165, 1.54) is 14.2 Å². The molecular weight excluding hydrogens is 280 g/mol. The predicted molar refractivity (Wildman–Crippen MR) is 74.9 cm³/mol. The standard InChI is InChI=1S/C15H21F2NO3/c1-15(2,8-13(19)21-4)7-12(18)14-10(16)5-9(20-3)6-11(14)17/h5-6,12H,7-8,18H2,1-4H3. The Balaban J connectivity index is 2.94. The molecule has 4 nitrogen and oxygen atoms in total. The first-order valence-electron chi connectivity index (χ1n) is 6.55. The summed E-state index contributed by atoms with van der Waals surface area (Å²) in [7, 11) is 2.62. The topological polar surface area (TPSA) is 61.5 Å². The molecule has 1 aromatic carbocycles. The lowest BCUT2D eigenvalue weighted by molar-refractivity contribution is -0.143. The van der Waals surface area contributed by atoms with Gasteiger partial charge in [0.2, 0.25) is 0 Å². The minimum atomic E-state index is -0.865. The molecule has 2 N–H and O–H groups in total. The number of halogens is 2. The van der Waals surface area contributed by atoms with Crippen molar-refractivity contribution >= 4 is 5.97 Å². The third-order valence-electron chi connectivity index (χ3n) is 3.28. The number of carbonyl (C=O) groups is 1. The second kappa shape index (κ2) is 6.85. The molecule has 0 aromatic heterocycles. The number of hydrogen-bond donors (Lipinski definition) is 1. The van der Waals surface area contributed by atoms with Crippen molar-refractivity contribution in [3.8, 4) is 5.75 Å². The van der Waals surface area contributed by atoms with Gasteiger partial charge in [0.15, 0.2) is 0 Å². The molecule has 0 fully saturated rings. The lowest BCUT2D eigenvalue weighted by Crippen LogP contribution is -2.26. The van der Waals surface area contributed by atoms with Crippen LogP contribution in [0.1, 0.15) is 38.3 Å². The highest BCUT2D eigenvalue weighted by atomic mass is 19.1. The summed E-state index contributed by atoms with van der Waals surface area (Å²) in [4.78, 5) is 11.3. The van der Waals surface area contributed by atoms with E-state index in [0.717, 1.165) is 12.1 Å². The largest absolute Gasteiger partial charge is 0.497 e. The van der Waals surface area contributed by atoms with E-state index in [4.69, 9.17) is 10.5 Å². The van der Waals surface area contributed by atoms with Gasteiger partial charge < -0.3 is 15.2 Å². The predicted octanol–water partition coefficient (Wildman–Crippen LogP) is 2.95. The summed E-state index contributed by atoms with van der Waals surface area (Å²) in [5.41, 5.74) is 5.18. The van der Waals surface area contributed by atoms with Crippen molar-refractivity contribution in [3.05, 3.63) is 29.3 Å². The van der Waals surface area contributed by atoms with Crippen LogP contribution in [-0.2, 0) is 9.53 Å². The number of hydrogen-bond acceptors (Lipinski definition) is 4. The van der Waals surface area contributed by atoms with Crippen LogP contribution in [0.2, 0.25) is 0 Å². The van der Waals surface area contributed by atoms with E-state index in [0.29, 0.717) is 0 Å². The van der Waals surface area contributed by atoms with Gasteiger partial charge in [0.1, 0.15) is 17.4 Å². The van der Waals surface area contributed by atoms with Gasteiger partial charge in [-0.05, 0) is 11.8 Å². The molecule has 0 heterocycles. The van der Waals surface area contributed by atoms with Crippen molar-refractivity contribution in [2.45, 2.75) is 32.7 Å². The van der Waals surface area contributed by atoms with Crippen LogP contribution in [0, 0.1) is 17.0 Å². The Morgan fingerprint density at radius 2 is 1.81 bits per heavy atom. The van der Waals surface area contributed by atoms with Gasteiger partial charge in [-0.1, -0.05) is 13.8 Å². The third-order valence-corrected chi connectivity index (χ3v) is 3.28. The number of ether oxygens (including phenoxy) is 2. The van der Waals surface area contributed by atoms with Gasteiger partial charge in [-0.2, -0.15) is 0 Å². The molecule has 0 saturated heterocycles. The molecule has 0 aliphatic heterocycles. The minimum Gasteiger partial charge on any atom is -0.497 e. The van der Waals surface area contributed by atoms with E-state index in [2.05, 4.69) is 4.74 Å². The molecule has 1 aromatic rings. The molecular formula is C15H21F2NO3. The second-order valence-electron chi connectivity index (χ2n) is 5.73. The fraction of sp³-hybridized carbons (Fsp3) is 0.533. The van der Waals surface area contributed by atoms with Crippen LogP contribution in [0.3, 0.4) is 0 Å². The van der Waals surface area contributed by atoms with Crippen molar-refractivity contribution in [1.82, 2.24) is 0 Å². The first-order chi connectivity index (χ1) is 9.70. The average Bonchev–Trinajstić information content (AvgIpc) is 2.36. The summed E-state index contributed by atoms with van der Waals surface area (Å²) in [5, 5.41) is 0. The van der Waals surface area contributed by atoms with Gasteiger partial charge in [0.05, 0.1) is 20.6 Å². The van der Waals surface area contributed by atoms with Gasteiger partial charge in [-0.3, -0.25) is 4.79 Å². The number of methoxy groups -OCH3 is 2. The van der Waals surface area contributed by atoms with E-state index in [-0.39, 0.29) is 30.1 Å². The molecule has 21 heavy (non-hydrogen) atoms. The first-order valence-corrected chi connectivity index (χ1v) is 6.55. The van der Waals surface area contributed by atoms with Crippen LogP contribution in [0.4, 0.5) is 8.78 Å². The zero-order valence-electron chi connectivity index (χ0n) is 12.7. The molecule has 1 unspecified atom stereocenters. The number of esters is 1. The molecule has 1 atom stereocenters. The third kappa shape index (κ3) is 4.67. The van der Waals surface area contributed by atoms with Crippen molar-refractivity contribution in [3.63, 3.8) is 0 Å². The molecule has 0 saturated carbocycles. The van der Waals surface area contributed by atoms with Gasteiger partial charge in [-0.15, -0.1) is 0 Å². The van der Waals surface area contributed by atoms with Crippen LogP contribution in [-0.4, -0.2) is 20.2 Å². The minimum absolute atomic E-state index is 0.0924. The molecule has 118 valence electrons. The van der Waals surface area contributed by atoms with E-state index in [1.54, 1.807) is 13.8 Å². The van der Waals surface area contributed by atoms with Gasteiger partial charge in [-0.25, -0.2) is 8.78 Å². The van der Waals surface area contributed by atoms with Gasteiger partial charge in [0, 0.05) is 23.7 Å². The number of benzene rings is 1. The lowest BCUT2D eigenvalue weighted by atomic mass is 9.81. The summed E-state index contributed by atoms with van der Waals surface area (Å²) in [6, 6.07) is 1.31. The van der Waals surface area contributed by atoms with Crippen LogP contribution in [0.5, 0.6) is 5.75 Å². The highest BCUT2D eigenvalue weighted by molar-refractivity contribution is 5.69. The molecule has 0 aliphatic carbocycles. The fourth-order valence-electron chi connectivity index (χ4n) is 2.27. The summed E-state index contributed by atoms with van der Waals surface area (Å²) >= 11 is 0. The lowest BCUT2D eigenvalue weighted by Gasteiger charge is -2.27. The first kappa shape index (κ1) is 17.4. The smallest absolute Gasteiger partial charge is 0.306 e. The van der Waals surface area contributed by atoms with Gasteiger partial charge in [0.25, 0.3) is 0 Å². The molecule has 0 radical (unpaired) electrons. The van der Waals surface area contributed by atoms with Crippen LogP contribution in [0.15, 0.2) is 12.1 Å². The second-order valence-corrected chi connectivity index (χ2v) is 5.73. The van der Waals surface area contributed by atoms with Crippen molar-refractivity contribution in [2.75, 3.05) is 14.2 Å². The Kier molecular flexibility index (Phi) is 5.66. The van der Waals surface area contributed by atoms with E-state index in [1.807, 2.05) is 0 Å². The Morgan fingerprint density at radius 1 is 1.29 bits per heavy atom. The van der Waals surface area contributed by atoms with Crippen LogP contribution >= 0.6 is 0 Å². The van der Waals surface area contributed by atoms with Crippen molar-refractivity contribution in [1.29, 1.82) is 0 Å². The van der Waals surface area contributed by atoms with Gasteiger partial charge >= 0.3 is 5.97 Å². The van der Waals surface area contributed by atoms with Crippen LogP contribution < -0.4 is 10.5 Å². The normalized spacial score (nSPS) is 12.9. The zero-order chi connectivity index (χ0) is 16.2. The Bertz CT molecular complexity index is 495. The van der Waals surface area contributed by atoms with Crippen molar-refractivity contribution < 1.29 is 23.0 Å². The number of rotatable bonds is 6. The summed E-state index contributed by atoms with van der Waals surface area (Å²) in [5.74, 6) is -1.81. The van der Waals surface area contributed by atoms with E-state index < -0.39 is 23.1 Å². The molecule has 0 amide bonds. The summed E-state index contributed by atoms with van der Waals surface area (Å²) in [6.45, 7) is 3.59. The average molecular weight is 301 g/mol. The maximum Gasteiger partial charge on any atom is 0.306 e. The highest BCUT2D eigenvalue weighted by Gasteiger charge is 2.28. The summed E-state index contributed by atoms with van der Waals surface area (Å²) < 4.78 is 37.3. The van der Waals surface area contributed by atoms with E-state index in [9.17, 15) is 13.6 Å². The molecule has 0 aliphatic rings. The molecule has 6 heteroatoms. The quantitative estimate of drug-likeness (QED) is 0.821. The Morgan fingerprint density at radius 3 is 2.24 bits per heavy atom. The Labute approximate surface area is 123 Å². The maximum absolute atomic E-state index is 14.0. The summed E-state index contributed by atoms with van der Waals surface area (Å²) in [6.07, 6.45) is 0.360. The molecule has 0 bridgehead atoms. The zero-order valence-corrected chi connectivity index (χ0v) is 12.7. The number of nitrogens with two attached hydrogens (primary N) is 1. The SMILES string of the molecule is COC(=O)CC(C)(C)CC(N)c1c(F)cc(OC)cc1F. The fourth-order valence-corrected chi connectivity index (χ4v) is 2.27. The number of carbonyl (C=O) groups excluding carboxylic acids is 1. The van der Waals surface area contributed by atoms with E-state index >= 15 is 0 Å². The van der Waals surface area contributed by atoms with Crippen molar-refractivity contribution in [2.24, 2.45) is 11.1 Å². The highest BCUT2D eigenvalue weighted by Crippen LogP contribution is 2.34. The molecule has 1 rings (SSSR count). The molecule has 0 spiro atoms. The van der Waals surface area contributed by atoms with Crippen LogP contribution in [0.25, 0.3) is 0 Å². The maximum atomic E-state index is 14.0. The monoisotopic (exact) mass is 301 g/mol.